The maximum Gasteiger partial charge on any atom is 0.117 e. The second kappa shape index (κ2) is 5.29. The van der Waals surface area contributed by atoms with E-state index in [1.54, 1.807) is 6.26 Å². The van der Waals surface area contributed by atoms with Gasteiger partial charge in [-0.1, -0.05) is 39.5 Å². The lowest BCUT2D eigenvalue weighted by Gasteiger charge is -2.31. The van der Waals surface area contributed by atoms with Crippen LogP contribution in [0.3, 0.4) is 0 Å². The normalized spacial score (nSPS) is 12.7. The van der Waals surface area contributed by atoms with Crippen LogP contribution in [0.25, 0.3) is 0 Å². The number of hydrogen-bond donors (Lipinski definition) is 1. The van der Waals surface area contributed by atoms with E-state index in [9.17, 15) is 0 Å². The topological polar surface area (TPSA) is 25.2 Å². The zero-order valence-electron chi connectivity index (χ0n) is 9.86. The van der Waals surface area contributed by atoms with Crippen molar-refractivity contribution in [2.24, 2.45) is 0 Å². The molecule has 1 aromatic rings. The van der Waals surface area contributed by atoms with Gasteiger partial charge >= 0.3 is 0 Å². The Bertz CT molecular complexity index is 320. The second-order valence-electron chi connectivity index (χ2n) is 4.31. The second-order valence-corrected chi connectivity index (χ2v) is 9.92. The van der Waals surface area contributed by atoms with Crippen LogP contribution in [-0.2, 0) is 18.4 Å². The van der Waals surface area contributed by atoms with E-state index >= 15 is 0 Å². The predicted octanol–water partition coefficient (Wildman–Crippen LogP) is 3.58. The molecule has 4 heteroatoms. The maximum atomic E-state index is 5.78. The van der Waals surface area contributed by atoms with Crippen LogP contribution in [0.2, 0.25) is 0 Å². The van der Waals surface area contributed by atoms with Crippen LogP contribution in [0.15, 0.2) is 22.8 Å². The standard InChI is InChI=1S/C11H20NOPS/c1-9(2)14(15,10(3)4)12-8-11-6-5-7-13-11/h5-7,9-10H,8H2,1-4H3,(H,12,15). The summed E-state index contributed by atoms with van der Waals surface area (Å²) in [5.74, 6) is 0.963. The summed E-state index contributed by atoms with van der Waals surface area (Å²) in [5.41, 5.74) is 1.06. The first kappa shape index (κ1) is 13.0. The Labute approximate surface area is 97.5 Å². The third-order valence-corrected chi connectivity index (χ3v) is 9.25. The molecule has 1 rings (SSSR count). The highest BCUT2D eigenvalue weighted by Crippen LogP contribution is 2.51. The first-order valence-corrected chi connectivity index (χ1v) is 8.27. The number of hydrogen-bond acceptors (Lipinski definition) is 2. The van der Waals surface area contributed by atoms with Crippen LogP contribution in [0.5, 0.6) is 0 Å². The molecule has 2 nitrogen and oxygen atoms in total. The summed E-state index contributed by atoms with van der Waals surface area (Å²) in [6.45, 7) is 9.57. The van der Waals surface area contributed by atoms with Crippen LogP contribution in [0.1, 0.15) is 33.5 Å². The van der Waals surface area contributed by atoms with E-state index < -0.39 is 6.19 Å². The van der Waals surface area contributed by atoms with E-state index in [1.807, 2.05) is 12.1 Å². The fourth-order valence-electron chi connectivity index (χ4n) is 1.58. The molecule has 0 aliphatic carbocycles. The highest BCUT2D eigenvalue weighted by molar-refractivity contribution is 8.14. The fraction of sp³-hybridized carbons (Fsp3) is 0.636. The van der Waals surface area contributed by atoms with Crippen molar-refractivity contribution in [2.75, 3.05) is 0 Å². The van der Waals surface area contributed by atoms with Gasteiger partial charge in [-0.15, -0.1) is 0 Å². The molecule has 0 unspecified atom stereocenters. The molecule has 1 heterocycles. The molecule has 0 bridgehead atoms. The third kappa shape index (κ3) is 3.17. The quantitative estimate of drug-likeness (QED) is 0.803. The van der Waals surface area contributed by atoms with Crippen molar-refractivity contribution < 1.29 is 4.42 Å². The molecular formula is C11H20NOPS. The summed E-state index contributed by atoms with van der Waals surface area (Å²) in [5, 5.41) is 3.53. The number of rotatable bonds is 5. The molecule has 0 spiro atoms. The summed E-state index contributed by atoms with van der Waals surface area (Å²) in [4.78, 5) is 0. The van der Waals surface area contributed by atoms with E-state index in [1.165, 1.54) is 0 Å². The Morgan fingerprint density at radius 1 is 1.33 bits per heavy atom. The third-order valence-electron chi connectivity index (χ3n) is 2.61. The molecule has 0 saturated carbocycles. The number of furan rings is 1. The van der Waals surface area contributed by atoms with Gasteiger partial charge in [0.05, 0.1) is 12.8 Å². The monoisotopic (exact) mass is 245 g/mol. The fourth-order valence-corrected chi connectivity index (χ4v) is 4.10. The highest BCUT2D eigenvalue weighted by atomic mass is 32.4. The van der Waals surface area contributed by atoms with Gasteiger partial charge in [0.25, 0.3) is 0 Å². The van der Waals surface area contributed by atoms with Gasteiger partial charge in [0.15, 0.2) is 0 Å². The van der Waals surface area contributed by atoms with Crippen molar-refractivity contribution in [3.8, 4) is 0 Å². The van der Waals surface area contributed by atoms with E-state index in [4.69, 9.17) is 16.2 Å². The van der Waals surface area contributed by atoms with Gasteiger partial charge in [-0.05, 0) is 23.5 Å². The average Bonchev–Trinajstić information content (AvgIpc) is 2.65. The van der Waals surface area contributed by atoms with Crippen LogP contribution in [0, 0.1) is 0 Å². The number of nitrogens with one attached hydrogen (secondary N) is 1. The molecule has 86 valence electrons. The molecular weight excluding hydrogens is 225 g/mol. The molecule has 1 N–H and O–H groups in total. The Morgan fingerprint density at radius 2 is 1.93 bits per heavy atom. The minimum absolute atomic E-state index is 0.530. The first-order valence-electron chi connectivity index (χ1n) is 5.33. The lowest BCUT2D eigenvalue weighted by Crippen LogP contribution is -2.22. The van der Waals surface area contributed by atoms with Gasteiger partial charge in [0, 0.05) is 6.19 Å². The van der Waals surface area contributed by atoms with Gasteiger partial charge < -0.3 is 4.42 Å². The van der Waals surface area contributed by atoms with Crippen molar-refractivity contribution >= 4 is 18.0 Å². The summed E-state index contributed by atoms with van der Waals surface area (Å²) in [6.07, 6.45) is 0.219. The molecule has 0 radical (unpaired) electrons. The van der Waals surface area contributed by atoms with Crippen molar-refractivity contribution in [3.63, 3.8) is 0 Å². The van der Waals surface area contributed by atoms with Gasteiger partial charge in [-0.3, -0.25) is 5.09 Å². The van der Waals surface area contributed by atoms with Crippen molar-refractivity contribution in [2.45, 2.75) is 45.6 Å². The molecule has 0 aromatic carbocycles. The summed E-state index contributed by atoms with van der Waals surface area (Å²) in [6, 6.07) is 3.89. The van der Waals surface area contributed by atoms with Crippen molar-refractivity contribution in [1.82, 2.24) is 5.09 Å². The largest absolute Gasteiger partial charge is 0.468 e. The van der Waals surface area contributed by atoms with E-state index in [-0.39, 0.29) is 0 Å². The van der Waals surface area contributed by atoms with E-state index in [2.05, 4.69) is 32.8 Å². The smallest absolute Gasteiger partial charge is 0.117 e. The first-order chi connectivity index (χ1) is 6.97. The molecule has 0 amide bonds. The van der Waals surface area contributed by atoms with Gasteiger partial charge in [-0.2, -0.15) is 0 Å². The van der Waals surface area contributed by atoms with Crippen LogP contribution >= 0.6 is 6.19 Å². The van der Waals surface area contributed by atoms with E-state index in [0.717, 1.165) is 12.3 Å². The van der Waals surface area contributed by atoms with Crippen LogP contribution in [0.4, 0.5) is 0 Å². The molecule has 0 fully saturated rings. The molecule has 0 saturated heterocycles. The Morgan fingerprint density at radius 3 is 2.33 bits per heavy atom. The summed E-state index contributed by atoms with van der Waals surface area (Å²) >= 11 is 5.78. The van der Waals surface area contributed by atoms with Crippen LogP contribution < -0.4 is 5.09 Å². The van der Waals surface area contributed by atoms with Crippen LogP contribution in [-0.4, -0.2) is 11.3 Å². The Balaban J connectivity index is 2.65. The van der Waals surface area contributed by atoms with Crippen molar-refractivity contribution in [3.05, 3.63) is 24.2 Å². The van der Waals surface area contributed by atoms with E-state index in [0.29, 0.717) is 11.3 Å². The minimum Gasteiger partial charge on any atom is -0.468 e. The zero-order chi connectivity index (χ0) is 11.5. The average molecular weight is 245 g/mol. The SMILES string of the molecule is CC(C)P(=S)(NCc1ccco1)C(C)C. The van der Waals surface area contributed by atoms with Crippen molar-refractivity contribution in [1.29, 1.82) is 0 Å². The Kier molecular flexibility index (Phi) is 4.57. The predicted molar refractivity (Wildman–Crippen MR) is 70.1 cm³/mol. The lowest BCUT2D eigenvalue weighted by atomic mass is 10.5. The molecule has 0 atom stereocenters. The molecule has 0 aliphatic rings. The van der Waals surface area contributed by atoms with Gasteiger partial charge in [0.1, 0.15) is 5.76 Å². The lowest BCUT2D eigenvalue weighted by molar-refractivity contribution is 0.505. The zero-order valence-corrected chi connectivity index (χ0v) is 11.6. The van der Waals surface area contributed by atoms with Gasteiger partial charge in [0.2, 0.25) is 0 Å². The molecule has 15 heavy (non-hydrogen) atoms. The molecule has 0 aliphatic heterocycles. The van der Waals surface area contributed by atoms with Gasteiger partial charge in [-0.25, -0.2) is 0 Å². The summed E-state index contributed by atoms with van der Waals surface area (Å²) < 4.78 is 5.30. The summed E-state index contributed by atoms with van der Waals surface area (Å²) in [7, 11) is 0. The highest BCUT2D eigenvalue weighted by Gasteiger charge is 2.24. The molecule has 1 aromatic heterocycles. The Hall–Kier alpha value is -0.110. The minimum atomic E-state index is -1.48. The maximum absolute atomic E-state index is 5.78.